The van der Waals surface area contributed by atoms with Gasteiger partial charge in [-0.15, -0.1) is 0 Å². The van der Waals surface area contributed by atoms with Gasteiger partial charge in [-0.05, 0) is 37.7 Å². The summed E-state index contributed by atoms with van der Waals surface area (Å²) in [7, 11) is 0. The molecule has 0 atom stereocenters. The monoisotopic (exact) mass is 236 g/mol. The maximum atomic E-state index is 5.02. The maximum Gasteiger partial charge on any atom is 0.242 e. The number of nitrogens with one attached hydrogen (secondary N) is 1. The summed E-state index contributed by atoms with van der Waals surface area (Å²) >= 11 is 5.02. The van der Waals surface area contributed by atoms with Crippen molar-refractivity contribution in [3.8, 4) is 5.69 Å². The molecule has 0 spiro atoms. The van der Waals surface area contributed by atoms with Crippen LogP contribution in [-0.4, -0.2) is 20.2 Å². The number of nitrogens with zero attached hydrogens (tertiary/aromatic N) is 3. The van der Waals surface area contributed by atoms with Gasteiger partial charge in [0.2, 0.25) is 4.77 Å². The summed E-state index contributed by atoms with van der Waals surface area (Å²) in [6.07, 6.45) is 0. The SMILES string of the molecule is CC.Cc1ccc(-n2[nH]nnc2=S)c(C)c1. The maximum absolute atomic E-state index is 5.02. The first-order valence-electron chi connectivity index (χ1n) is 5.26. The highest BCUT2D eigenvalue weighted by atomic mass is 32.1. The van der Waals surface area contributed by atoms with E-state index in [9.17, 15) is 0 Å². The lowest BCUT2D eigenvalue weighted by molar-refractivity contribution is 0.782. The highest BCUT2D eigenvalue weighted by molar-refractivity contribution is 7.71. The fourth-order valence-corrected chi connectivity index (χ4v) is 1.59. The van der Waals surface area contributed by atoms with E-state index in [1.54, 1.807) is 4.68 Å². The van der Waals surface area contributed by atoms with Gasteiger partial charge in [-0.3, -0.25) is 0 Å². The molecule has 0 saturated carbocycles. The molecule has 0 amide bonds. The van der Waals surface area contributed by atoms with Gasteiger partial charge < -0.3 is 0 Å². The quantitative estimate of drug-likeness (QED) is 0.774. The number of hydrogen-bond donors (Lipinski definition) is 1. The van der Waals surface area contributed by atoms with Gasteiger partial charge in [0.25, 0.3) is 0 Å². The Kier molecular flexibility index (Phi) is 4.37. The van der Waals surface area contributed by atoms with Gasteiger partial charge in [-0.1, -0.05) is 41.9 Å². The van der Waals surface area contributed by atoms with Crippen LogP contribution in [0.4, 0.5) is 0 Å². The van der Waals surface area contributed by atoms with Crippen LogP contribution in [-0.2, 0) is 0 Å². The van der Waals surface area contributed by atoms with Gasteiger partial charge in [0, 0.05) is 0 Å². The molecule has 16 heavy (non-hydrogen) atoms. The summed E-state index contributed by atoms with van der Waals surface area (Å²) in [4.78, 5) is 0. The van der Waals surface area contributed by atoms with Crippen LogP contribution in [0.25, 0.3) is 5.69 Å². The Balaban J connectivity index is 0.000000606. The van der Waals surface area contributed by atoms with E-state index < -0.39 is 0 Å². The lowest BCUT2D eigenvalue weighted by Gasteiger charge is -2.05. The van der Waals surface area contributed by atoms with Gasteiger partial charge in [0.1, 0.15) is 0 Å². The van der Waals surface area contributed by atoms with Crippen LogP contribution in [0.2, 0.25) is 0 Å². The van der Waals surface area contributed by atoms with E-state index in [1.165, 1.54) is 5.56 Å². The molecular formula is C11H16N4S. The summed E-state index contributed by atoms with van der Waals surface area (Å²) in [6, 6.07) is 6.13. The Hall–Kier alpha value is -1.49. The van der Waals surface area contributed by atoms with Crippen LogP contribution in [0.5, 0.6) is 0 Å². The third kappa shape index (κ3) is 2.55. The summed E-state index contributed by atoms with van der Waals surface area (Å²) in [6.45, 7) is 8.09. The minimum atomic E-state index is 0.442. The van der Waals surface area contributed by atoms with Crippen molar-refractivity contribution in [1.29, 1.82) is 0 Å². The Morgan fingerprint density at radius 3 is 2.44 bits per heavy atom. The second-order valence-corrected chi connectivity index (χ2v) is 3.57. The second-order valence-electron chi connectivity index (χ2n) is 3.21. The normalized spacial score (nSPS) is 9.50. The van der Waals surface area contributed by atoms with Crippen molar-refractivity contribution in [2.75, 3.05) is 0 Å². The van der Waals surface area contributed by atoms with Crippen molar-refractivity contribution in [3.05, 3.63) is 34.1 Å². The minimum absolute atomic E-state index is 0.442. The van der Waals surface area contributed by atoms with Gasteiger partial charge >= 0.3 is 0 Å². The third-order valence-electron chi connectivity index (χ3n) is 2.06. The molecule has 86 valence electrons. The summed E-state index contributed by atoms with van der Waals surface area (Å²) < 4.78 is 2.13. The van der Waals surface area contributed by atoms with Crippen LogP contribution >= 0.6 is 12.2 Å². The first-order valence-corrected chi connectivity index (χ1v) is 5.67. The molecule has 0 saturated heterocycles. The lowest BCUT2D eigenvalue weighted by atomic mass is 10.1. The average molecular weight is 236 g/mol. The van der Waals surface area contributed by atoms with E-state index in [4.69, 9.17) is 12.2 Å². The predicted octanol–water partition coefficient (Wildman–Crippen LogP) is 2.97. The molecule has 1 heterocycles. The molecule has 1 aromatic carbocycles. The van der Waals surface area contributed by atoms with Crippen molar-refractivity contribution in [2.45, 2.75) is 27.7 Å². The molecule has 0 radical (unpaired) electrons. The fraction of sp³-hybridized carbons (Fsp3) is 0.364. The van der Waals surface area contributed by atoms with Gasteiger partial charge in [-0.2, -0.15) is 5.21 Å². The van der Waals surface area contributed by atoms with Gasteiger partial charge in [0.05, 0.1) is 5.69 Å². The standard InChI is InChI=1S/C9H10N4S.C2H6/c1-6-3-4-8(7(2)5-6)13-9(14)10-11-12-13;1-2/h3-5H,1-2H3,(H,10,12,14);1-2H3. The van der Waals surface area contributed by atoms with Crippen molar-refractivity contribution >= 4 is 12.2 Å². The minimum Gasteiger partial charge on any atom is -0.209 e. The number of aromatic nitrogens is 4. The first-order chi connectivity index (χ1) is 7.68. The number of hydrogen-bond acceptors (Lipinski definition) is 3. The van der Waals surface area contributed by atoms with E-state index >= 15 is 0 Å². The molecule has 0 aliphatic carbocycles. The Morgan fingerprint density at radius 2 is 1.94 bits per heavy atom. The molecule has 5 heteroatoms. The van der Waals surface area contributed by atoms with Crippen LogP contribution in [0.3, 0.4) is 0 Å². The molecule has 1 N–H and O–H groups in total. The number of benzene rings is 1. The summed E-state index contributed by atoms with van der Waals surface area (Å²) in [5.41, 5.74) is 3.36. The highest BCUT2D eigenvalue weighted by Crippen LogP contribution is 2.13. The zero-order valence-corrected chi connectivity index (χ0v) is 10.8. The fourth-order valence-electron chi connectivity index (χ4n) is 1.41. The molecule has 0 fully saturated rings. The third-order valence-corrected chi connectivity index (χ3v) is 2.33. The summed E-state index contributed by atoms with van der Waals surface area (Å²) in [5.74, 6) is 0. The van der Waals surface area contributed by atoms with E-state index in [0.717, 1.165) is 11.3 Å². The largest absolute Gasteiger partial charge is 0.242 e. The Morgan fingerprint density at radius 1 is 1.25 bits per heavy atom. The molecule has 0 bridgehead atoms. The van der Waals surface area contributed by atoms with Crippen LogP contribution in [0, 0.1) is 18.6 Å². The zero-order valence-electron chi connectivity index (χ0n) is 9.98. The molecule has 0 aliphatic heterocycles. The number of aromatic amines is 1. The first kappa shape index (κ1) is 12.6. The number of rotatable bonds is 1. The van der Waals surface area contributed by atoms with Crippen molar-refractivity contribution in [2.24, 2.45) is 0 Å². The van der Waals surface area contributed by atoms with E-state index in [0.29, 0.717) is 4.77 Å². The number of aryl methyl sites for hydroxylation is 2. The average Bonchev–Trinajstić information content (AvgIpc) is 2.68. The molecule has 2 aromatic rings. The van der Waals surface area contributed by atoms with Crippen LogP contribution < -0.4 is 0 Å². The molecule has 2 rings (SSSR count). The van der Waals surface area contributed by atoms with Crippen molar-refractivity contribution in [3.63, 3.8) is 0 Å². The Labute approximate surface area is 100 Å². The molecule has 0 aliphatic rings. The van der Waals surface area contributed by atoms with Crippen LogP contribution in [0.1, 0.15) is 25.0 Å². The number of tetrazole rings is 1. The summed E-state index contributed by atoms with van der Waals surface area (Å²) in [5, 5.41) is 10.1. The molecular weight excluding hydrogens is 220 g/mol. The lowest BCUT2D eigenvalue weighted by Crippen LogP contribution is -1.99. The number of H-pyrrole nitrogens is 1. The molecule has 4 nitrogen and oxygen atoms in total. The van der Waals surface area contributed by atoms with Gasteiger partial charge in [0.15, 0.2) is 0 Å². The smallest absolute Gasteiger partial charge is 0.209 e. The molecule has 1 aromatic heterocycles. The predicted molar refractivity (Wildman–Crippen MR) is 67.4 cm³/mol. The van der Waals surface area contributed by atoms with Crippen molar-refractivity contribution < 1.29 is 0 Å². The zero-order chi connectivity index (χ0) is 12.1. The van der Waals surface area contributed by atoms with E-state index in [-0.39, 0.29) is 0 Å². The van der Waals surface area contributed by atoms with Gasteiger partial charge in [-0.25, -0.2) is 4.68 Å². The topological polar surface area (TPSA) is 46.5 Å². The van der Waals surface area contributed by atoms with Crippen LogP contribution in [0.15, 0.2) is 18.2 Å². The second kappa shape index (κ2) is 5.55. The Bertz CT molecular complexity index is 513. The highest BCUT2D eigenvalue weighted by Gasteiger charge is 2.02. The van der Waals surface area contributed by atoms with Crippen molar-refractivity contribution in [1.82, 2.24) is 20.2 Å². The van der Waals surface area contributed by atoms with E-state index in [1.807, 2.05) is 32.9 Å². The van der Waals surface area contributed by atoms with E-state index in [2.05, 4.69) is 28.5 Å². The molecule has 0 unspecified atom stereocenters.